The van der Waals surface area contributed by atoms with Crippen LogP contribution in [0.1, 0.15) is 33.2 Å². The number of hydrogen-bond acceptors (Lipinski definition) is 3. The van der Waals surface area contributed by atoms with Gasteiger partial charge in [-0.3, -0.25) is 9.59 Å². The number of hydrogen-bond donors (Lipinski definition) is 1. The predicted octanol–water partition coefficient (Wildman–Crippen LogP) is 3.63. The van der Waals surface area contributed by atoms with Gasteiger partial charge in [-0.2, -0.15) is 0 Å². The monoisotopic (exact) mass is 372 g/mol. The van der Waals surface area contributed by atoms with Crippen LogP contribution in [0.5, 0.6) is 0 Å². The fraction of sp³-hybridized carbons (Fsp3) is 0.300. The van der Waals surface area contributed by atoms with E-state index in [9.17, 15) is 9.59 Å². The maximum absolute atomic E-state index is 12.6. The lowest BCUT2D eigenvalue weighted by atomic mass is 10.1. The maximum Gasteiger partial charge on any atom is 0.255 e. The fourth-order valence-electron chi connectivity index (χ4n) is 2.79. The number of carbonyl (C=O) groups is 2. The molecule has 0 spiro atoms. The maximum atomic E-state index is 12.6. The number of carbonyl (C=O) groups excluding carboxylic acids is 2. The van der Waals surface area contributed by atoms with Crippen molar-refractivity contribution in [3.8, 4) is 0 Å². The number of aryl methyl sites for hydroxylation is 1. The first-order valence-corrected chi connectivity index (χ1v) is 9.03. The summed E-state index contributed by atoms with van der Waals surface area (Å²) in [4.78, 5) is 26.8. The van der Waals surface area contributed by atoms with Crippen molar-refractivity contribution in [2.24, 2.45) is 0 Å². The van der Waals surface area contributed by atoms with Gasteiger partial charge in [0.15, 0.2) is 0 Å². The largest absolute Gasteiger partial charge is 0.378 e. The third kappa shape index (κ3) is 4.23. The van der Waals surface area contributed by atoms with Crippen LogP contribution in [0.25, 0.3) is 0 Å². The number of rotatable bonds is 4. The second kappa shape index (κ2) is 8.34. The van der Waals surface area contributed by atoms with Crippen molar-refractivity contribution < 1.29 is 14.3 Å². The van der Waals surface area contributed by atoms with Gasteiger partial charge in [-0.25, -0.2) is 0 Å². The molecule has 0 radical (unpaired) electrons. The molecule has 1 saturated heterocycles. The molecule has 1 heterocycles. The highest BCUT2D eigenvalue weighted by Crippen LogP contribution is 2.25. The first kappa shape index (κ1) is 18.4. The van der Waals surface area contributed by atoms with Crippen molar-refractivity contribution in [2.45, 2.75) is 13.3 Å². The number of nitrogens with zero attached hydrogens (tertiary/aromatic N) is 1. The van der Waals surface area contributed by atoms with Gasteiger partial charge in [-0.15, -0.1) is 0 Å². The molecule has 0 aromatic heterocycles. The van der Waals surface area contributed by atoms with Crippen LogP contribution in [-0.4, -0.2) is 43.0 Å². The summed E-state index contributed by atoms with van der Waals surface area (Å²) in [6, 6.07) is 12.3. The van der Waals surface area contributed by atoms with Crippen LogP contribution in [0.3, 0.4) is 0 Å². The van der Waals surface area contributed by atoms with Gasteiger partial charge >= 0.3 is 0 Å². The Bertz CT molecular complexity index is 799. The summed E-state index contributed by atoms with van der Waals surface area (Å²) < 4.78 is 5.27. The normalized spacial score (nSPS) is 14.2. The minimum Gasteiger partial charge on any atom is -0.378 e. The van der Waals surface area contributed by atoms with Gasteiger partial charge in [-0.1, -0.05) is 30.7 Å². The molecule has 1 N–H and O–H groups in total. The molecule has 2 aromatic carbocycles. The number of benzene rings is 2. The lowest BCUT2D eigenvalue weighted by Crippen LogP contribution is -2.40. The molecular weight excluding hydrogens is 352 g/mol. The van der Waals surface area contributed by atoms with E-state index in [1.165, 1.54) is 0 Å². The number of morpholine rings is 1. The second-order valence-electron chi connectivity index (χ2n) is 6.10. The molecule has 0 atom stereocenters. The molecule has 0 unspecified atom stereocenters. The Kier molecular flexibility index (Phi) is 5.91. The molecule has 2 aromatic rings. The van der Waals surface area contributed by atoms with Crippen LogP contribution in [0.2, 0.25) is 5.02 Å². The quantitative estimate of drug-likeness (QED) is 0.891. The lowest BCUT2D eigenvalue weighted by molar-refractivity contribution is 0.0303. The zero-order valence-electron chi connectivity index (χ0n) is 14.6. The Balaban J connectivity index is 1.76. The Morgan fingerprint density at radius 1 is 1.08 bits per heavy atom. The molecule has 1 aliphatic rings. The summed E-state index contributed by atoms with van der Waals surface area (Å²) in [5.74, 6) is -0.349. The standard InChI is InChI=1S/C20H21ClN2O3/c1-2-14-3-5-15(6-4-14)19(24)22-18-13-16(7-8-17(18)21)20(25)23-9-11-26-12-10-23/h3-8,13H,2,9-12H2,1H3,(H,22,24). The average molecular weight is 373 g/mol. The molecule has 0 aliphatic carbocycles. The SMILES string of the molecule is CCc1ccc(C(=O)Nc2cc(C(=O)N3CCOCC3)ccc2Cl)cc1. The van der Waals surface area contributed by atoms with Crippen LogP contribution in [0.15, 0.2) is 42.5 Å². The van der Waals surface area contributed by atoms with Crippen molar-refractivity contribution in [3.05, 3.63) is 64.2 Å². The van der Waals surface area contributed by atoms with Crippen molar-refractivity contribution >= 4 is 29.1 Å². The molecule has 3 rings (SSSR count). The summed E-state index contributed by atoms with van der Waals surface area (Å²) in [5, 5.41) is 3.19. The first-order valence-electron chi connectivity index (χ1n) is 8.65. The first-order chi connectivity index (χ1) is 12.6. The Hall–Kier alpha value is -2.37. The number of anilines is 1. The summed E-state index contributed by atoms with van der Waals surface area (Å²) in [6.07, 6.45) is 0.916. The van der Waals surface area contributed by atoms with Gasteiger partial charge in [-0.05, 0) is 42.3 Å². The Labute approximate surface area is 157 Å². The molecule has 136 valence electrons. The molecule has 2 amide bonds. The highest BCUT2D eigenvalue weighted by atomic mass is 35.5. The van der Waals surface area contributed by atoms with E-state index >= 15 is 0 Å². The van der Waals surface area contributed by atoms with Crippen molar-refractivity contribution in [1.29, 1.82) is 0 Å². The van der Waals surface area contributed by atoms with Gasteiger partial charge in [0.25, 0.3) is 11.8 Å². The van der Waals surface area contributed by atoms with Gasteiger partial charge in [0, 0.05) is 24.2 Å². The van der Waals surface area contributed by atoms with E-state index < -0.39 is 0 Å². The summed E-state index contributed by atoms with van der Waals surface area (Å²) >= 11 is 6.21. The topological polar surface area (TPSA) is 58.6 Å². The van der Waals surface area contributed by atoms with E-state index in [-0.39, 0.29) is 11.8 Å². The molecule has 6 heteroatoms. The zero-order valence-corrected chi connectivity index (χ0v) is 15.4. The van der Waals surface area contributed by atoms with Crippen molar-refractivity contribution in [1.82, 2.24) is 4.90 Å². The number of amides is 2. The van der Waals surface area contributed by atoms with Crippen LogP contribution in [0.4, 0.5) is 5.69 Å². The highest BCUT2D eigenvalue weighted by molar-refractivity contribution is 6.34. The van der Waals surface area contributed by atoms with E-state index in [2.05, 4.69) is 12.2 Å². The van der Waals surface area contributed by atoms with Crippen LogP contribution in [0, 0.1) is 0 Å². The van der Waals surface area contributed by atoms with Crippen molar-refractivity contribution in [2.75, 3.05) is 31.6 Å². The molecule has 0 saturated carbocycles. The average Bonchev–Trinajstić information content (AvgIpc) is 2.69. The number of nitrogens with one attached hydrogen (secondary N) is 1. The molecular formula is C20H21ClN2O3. The fourth-order valence-corrected chi connectivity index (χ4v) is 2.95. The lowest BCUT2D eigenvalue weighted by Gasteiger charge is -2.27. The van der Waals surface area contributed by atoms with Crippen LogP contribution in [-0.2, 0) is 11.2 Å². The minimum absolute atomic E-state index is 0.0900. The van der Waals surface area contributed by atoms with Gasteiger partial charge < -0.3 is 15.0 Å². The Morgan fingerprint density at radius 3 is 2.38 bits per heavy atom. The molecule has 1 aliphatic heterocycles. The van der Waals surface area contributed by atoms with E-state index in [1.807, 2.05) is 12.1 Å². The molecule has 1 fully saturated rings. The molecule has 26 heavy (non-hydrogen) atoms. The smallest absolute Gasteiger partial charge is 0.255 e. The van der Waals surface area contributed by atoms with Gasteiger partial charge in [0.1, 0.15) is 0 Å². The van der Waals surface area contributed by atoms with Crippen LogP contribution < -0.4 is 5.32 Å². The molecule has 5 nitrogen and oxygen atoms in total. The number of ether oxygens (including phenoxy) is 1. The highest BCUT2D eigenvalue weighted by Gasteiger charge is 2.20. The van der Waals surface area contributed by atoms with E-state index in [1.54, 1.807) is 35.2 Å². The number of halogens is 1. The zero-order chi connectivity index (χ0) is 18.5. The van der Waals surface area contributed by atoms with E-state index in [0.29, 0.717) is 48.1 Å². The third-order valence-corrected chi connectivity index (χ3v) is 4.71. The third-order valence-electron chi connectivity index (χ3n) is 4.38. The summed E-state index contributed by atoms with van der Waals surface area (Å²) in [5.41, 5.74) is 2.63. The second-order valence-corrected chi connectivity index (χ2v) is 6.51. The van der Waals surface area contributed by atoms with E-state index in [0.717, 1.165) is 12.0 Å². The predicted molar refractivity (Wildman–Crippen MR) is 102 cm³/mol. The Morgan fingerprint density at radius 2 is 1.73 bits per heavy atom. The summed E-state index contributed by atoms with van der Waals surface area (Å²) in [7, 11) is 0. The van der Waals surface area contributed by atoms with Gasteiger partial charge in [0.2, 0.25) is 0 Å². The van der Waals surface area contributed by atoms with Gasteiger partial charge in [0.05, 0.1) is 23.9 Å². The summed E-state index contributed by atoms with van der Waals surface area (Å²) in [6.45, 7) is 4.26. The molecule has 0 bridgehead atoms. The minimum atomic E-state index is -0.259. The van der Waals surface area contributed by atoms with Crippen molar-refractivity contribution in [3.63, 3.8) is 0 Å². The van der Waals surface area contributed by atoms with E-state index in [4.69, 9.17) is 16.3 Å². The van der Waals surface area contributed by atoms with Crippen LogP contribution >= 0.6 is 11.6 Å².